The smallest absolute Gasteiger partial charge is 0.0691 e. The number of nitrogens with two attached hydrogens (primary N) is 3. The van der Waals surface area contributed by atoms with Crippen LogP contribution in [0, 0.1) is 0 Å². The highest BCUT2D eigenvalue weighted by Gasteiger charge is 2.12. The zero-order valence-corrected chi connectivity index (χ0v) is 8.28. The molecule has 0 saturated heterocycles. The van der Waals surface area contributed by atoms with Crippen LogP contribution < -0.4 is 17.2 Å². The van der Waals surface area contributed by atoms with Crippen LogP contribution in [-0.4, -0.2) is 30.3 Å². The number of rotatable bonds is 8. The molecule has 0 aliphatic rings. The quantitative estimate of drug-likeness (QED) is 0.388. The van der Waals surface area contributed by atoms with Gasteiger partial charge in [0.25, 0.3) is 0 Å². The van der Waals surface area contributed by atoms with Crippen LogP contribution in [-0.2, 0) is 0 Å². The van der Waals surface area contributed by atoms with Crippen LogP contribution in [0.25, 0.3) is 0 Å². The van der Waals surface area contributed by atoms with Crippen molar-refractivity contribution >= 4 is 0 Å². The van der Waals surface area contributed by atoms with Crippen molar-refractivity contribution in [1.29, 1.82) is 0 Å². The second-order valence-corrected chi connectivity index (χ2v) is 3.45. The molecular weight excluding hydrogens is 166 g/mol. The van der Waals surface area contributed by atoms with Crippen LogP contribution >= 0.6 is 0 Å². The normalized spacial score (nSPS) is 15.7. The van der Waals surface area contributed by atoms with Crippen molar-refractivity contribution in [2.24, 2.45) is 17.2 Å². The van der Waals surface area contributed by atoms with Gasteiger partial charge in [0.2, 0.25) is 0 Å². The molecule has 0 aromatic heterocycles. The summed E-state index contributed by atoms with van der Waals surface area (Å²) in [5.41, 5.74) is 16.4. The molecular formula is C9H23N3O. The summed E-state index contributed by atoms with van der Waals surface area (Å²) in [6.45, 7) is 1.33. The molecule has 2 unspecified atom stereocenters. The first-order valence-electron chi connectivity index (χ1n) is 5.06. The summed E-state index contributed by atoms with van der Waals surface area (Å²) in [6, 6.07) is -0.124. The molecule has 0 aliphatic heterocycles. The predicted octanol–water partition coefficient (Wildman–Crippen LogP) is -0.457. The zero-order chi connectivity index (χ0) is 10.1. The molecule has 4 nitrogen and oxygen atoms in total. The van der Waals surface area contributed by atoms with E-state index in [2.05, 4.69) is 0 Å². The van der Waals surface area contributed by atoms with Crippen molar-refractivity contribution in [3.8, 4) is 0 Å². The molecule has 0 aromatic rings. The van der Waals surface area contributed by atoms with Gasteiger partial charge in [-0.05, 0) is 45.2 Å². The highest BCUT2D eigenvalue weighted by Crippen LogP contribution is 2.06. The Balaban J connectivity index is 3.38. The molecule has 0 aromatic carbocycles. The van der Waals surface area contributed by atoms with Crippen LogP contribution in [0.4, 0.5) is 0 Å². The highest BCUT2D eigenvalue weighted by molar-refractivity contribution is 4.71. The Morgan fingerprint density at radius 1 is 0.923 bits per heavy atom. The van der Waals surface area contributed by atoms with Crippen molar-refractivity contribution in [3.05, 3.63) is 0 Å². The first-order valence-corrected chi connectivity index (χ1v) is 5.06. The lowest BCUT2D eigenvalue weighted by Gasteiger charge is -2.18. The fraction of sp³-hybridized carbons (Fsp3) is 1.00. The maximum Gasteiger partial charge on any atom is 0.0691 e. The summed E-state index contributed by atoms with van der Waals surface area (Å²) in [6.07, 6.45) is 3.96. The van der Waals surface area contributed by atoms with Crippen LogP contribution in [0.1, 0.15) is 32.1 Å². The third kappa shape index (κ3) is 6.95. The molecule has 0 fully saturated rings. The van der Waals surface area contributed by atoms with Gasteiger partial charge in [0.1, 0.15) is 0 Å². The van der Waals surface area contributed by atoms with E-state index < -0.39 is 6.10 Å². The summed E-state index contributed by atoms with van der Waals surface area (Å²) >= 11 is 0. The Morgan fingerprint density at radius 2 is 1.54 bits per heavy atom. The minimum Gasteiger partial charge on any atom is -0.392 e. The lowest BCUT2D eigenvalue weighted by atomic mass is 10.0. The molecule has 0 rings (SSSR count). The van der Waals surface area contributed by atoms with E-state index in [4.69, 9.17) is 17.2 Å². The van der Waals surface area contributed by atoms with Crippen LogP contribution in [0.3, 0.4) is 0 Å². The van der Waals surface area contributed by atoms with E-state index >= 15 is 0 Å². The van der Waals surface area contributed by atoms with Gasteiger partial charge in [0, 0.05) is 6.04 Å². The van der Waals surface area contributed by atoms with Gasteiger partial charge in [-0.3, -0.25) is 0 Å². The average Bonchev–Trinajstić information content (AvgIpc) is 2.14. The van der Waals surface area contributed by atoms with Crippen LogP contribution in [0.15, 0.2) is 0 Å². The summed E-state index contributed by atoms with van der Waals surface area (Å²) < 4.78 is 0. The molecule has 0 saturated carbocycles. The SMILES string of the molecule is NCCCCC(O)C(N)CCCN. The first-order chi connectivity index (χ1) is 6.22. The van der Waals surface area contributed by atoms with E-state index in [1.54, 1.807) is 0 Å². The summed E-state index contributed by atoms with van der Waals surface area (Å²) in [7, 11) is 0. The van der Waals surface area contributed by atoms with E-state index in [0.29, 0.717) is 13.1 Å². The van der Waals surface area contributed by atoms with Crippen LogP contribution in [0.2, 0.25) is 0 Å². The third-order valence-electron chi connectivity index (χ3n) is 2.19. The van der Waals surface area contributed by atoms with E-state index in [0.717, 1.165) is 32.1 Å². The minimum absolute atomic E-state index is 0.124. The molecule has 0 aliphatic carbocycles. The summed E-state index contributed by atoms with van der Waals surface area (Å²) in [5.74, 6) is 0. The Kier molecular flexibility index (Phi) is 8.33. The van der Waals surface area contributed by atoms with Gasteiger partial charge in [0.15, 0.2) is 0 Å². The average molecular weight is 189 g/mol. The lowest BCUT2D eigenvalue weighted by molar-refractivity contribution is 0.127. The molecule has 0 spiro atoms. The maximum absolute atomic E-state index is 9.56. The topological polar surface area (TPSA) is 98.3 Å². The lowest BCUT2D eigenvalue weighted by Crippen LogP contribution is -2.35. The second kappa shape index (κ2) is 8.44. The third-order valence-corrected chi connectivity index (χ3v) is 2.19. The van der Waals surface area contributed by atoms with E-state index in [1.165, 1.54) is 0 Å². The molecule has 7 N–H and O–H groups in total. The van der Waals surface area contributed by atoms with Crippen molar-refractivity contribution in [3.63, 3.8) is 0 Å². The highest BCUT2D eigenvalue weighted by atomic mass is 16.3. The summed E-state index contributed by atoms with van der Waals surface area (Å²) in [5, 5.41) is 9.56. The number of hydrogen-bond acceptors (Lipinski definition) is 4. The van der Waals surface area contributed by atoms with Gasteiger partial charge in [-0.15, -0.1) is 0 Å². The van der Waals surface area contributed by atoms with Gasteiger partial charge >= 0.3 is 0 Å². The Hall–Kier alpha value is -0.160. The van der Waals surface area contributed by atoms with Crippen molar-refractivity contribution in [2.45, 2.75) is 44.2 Å². The summed E-state index contributed by atoms with van der Waals surface area (Å²) in [4.78, 5) is 0. The minimum atomic E-state index is -0.391. The van der Waals surface area contributed by atoms with Gasteiger partial charge in [0.05, 0.1) is 6.10 Å². The molecule has 13 heavy (non-hydrogen) atoms. The van der Waals surface area contributed by atoms with E-state index in [1.807, 2.05) is 0 Å². The number of aliphatic hydroxyl groups excluding tert-OH is 1. The molecule has 0 heterocycles. The molecule has 4 heteroatoms. The van der Waals surface area contributed by atoms with Gasteiger partial charge in [-0.25, -0.2) is 0 Å². The van der Waals surface area contributed by atoms with E-state index in [9.17, 15) is 5.11 Å². The monoisotopic (exact) mass is 189 g/mol. The van der Waals surface area contributed by atoms with E-state index in [-0.39, 0.29) is 6.04 Å². The molecule has 0 bridgehead atoms. The maximum atomic E-state index is 9.56. The largest absolute Gasteiger partial charge is 0.392 e. The van der Waals surface area contributed by atoms with Gasteiger partial charge in [-0.1, -0.05) is 0 Å². The Labute approximate surface area is 80.5 Å². The second-order valence-electron chi connectivity index (χ2n) is 3.45. The van der Waals surface area contributed by atoms with Gasteiger partial charge < -0.3 is 22.3 Å². The van der Waals surface area contributed by atoms with Crippen molar-refractivity contribution in [1.82, 2.24) is 0 Å². The standard InChI is InChI=1S/C9H23N3O/c10-6-2-1-5-9(13)8(12)4-3-7-11/h8-9,13H,1-7,10-12H2. The van der Waals surface area contributed by atoms with Gasteiger partial charge in [-0.2, -0.15) is 0 Å². The molecule has 80 valence electrons. The first kappa shape index (κ1) is 12.8. The number of hydrogen-bond donors (Lipinski definition) is 4. The Bertz CT molecular complexity index is 111. The number of unbranched alkanes of at least 4 members (excludes halogenated alkanes) is 1. The Morgan fingerprint density at radius 3 is 2.08 bits per heavy atom. The van der Waals surface area contributed by atoms with Crippen molar-refractivity contribution < 1.29 is 5.11 Å². The predicted molar refractivity (Wildman–Crippen MR) is 55.2 cm³/mol. The van der Waals surface area contributed by atoms with Crippen molar-refractivity contribution in [2.75, 3.05) is 13.1 Å². The van der Waals surface area contributed by atoms with Crippen LogP contribution in [0.5, 0.6) is 0 Å². The molecule has 0 radical (unpaired) electrons. The number of aliphatic hydroxyl groups is 1. The fourth-order valence-electron chi connectivity index (χ4n) is 1.26. The fourth-order valence-corrected chi connectivity index (χ4v) is 1.26. The molecule has 2 atom stereocenters. The molecule has 0 amide bonds. The zero-order valence-electron chi connectivity index (χ0n) is 8.28.